The summed E-state index contributed by atoms with van der Waals surface area (Å²) in [5.41, 5.74) is 2.12. The van der Waals surface area contributed by atoms with Crippen molar-refractivity contribution in [3.8, 4) is 11.8 Å². The highest BCUT2D eigenvalue weighted by molar-refractivity contribution is 5.72. The smallest absolute Gasteiger partial charge is 0.333 e. The quantitative estimate of drug-likeness (QED) is 0.744. The fourth-order valence-corrected chi connectivity index (χ4v) is 1.71. The fourth-order valence-electron chi connectivity index (χ4n) is 1.71. The molecule has 17 heavy (non-hydrogen) atoms. The lowest BCUT2D eigenvalue weighted by atomic mass is 10.2. The van der Waals surface area contributed by atoms with Crippen LogP contribution < -0.4 is 5.06 Å². The lowest BCUT2D eigenvalue weighted by Gasteiger charge is -2.17. The molecular weight excluding hydrogens is 214 g/mol. The van der Waals surface area contributed by atoms with Gasteiger partial charge in [0.05, 0.1) is 18.7 Å². The Morgan fingerprint density at radius 2 is 2.29 bits per heavy atom. The van der Waals surface area contributed by atoms with Crippen LogP contribution in [-0.4, -0.2) is 5.97 Å². The van der Waals surface area contributed by atoms with E-state index in [9.17, 15) is 4.79 Å². The van der Waals surface area contributed by atoms with Crippen LogP contribution >= 0.6 is 0 Å². The number of nitrogens with zero attached hydrogens (tertiary/aromatic N) is 1. The van der Waals surface area contributed by atoms with E-state index in [2.05, 4.69) is 11.8 Å². The zero-order valence-electron chi connectivity index (χ0n) is 9.77. The molecule has 0 atom stereocenters. The van der Waals surface area contributed by atoms with E-state index in [-0.39, 0.29) is 5.97 Å². The third kappa shape index (κ3) is 2.79. The van der Waals surface area contributed by atoms with E-state index in [0.29, 0.717) is 12.8 Å². The second-order valence-electron chi connectivity index (χ2n) is 3.73. The second kappa shape index (κ2) is 5.40. The maximum atomic E-state index is 11.5. The van der Waals surface area contributed by atoms with Crippen molar-refractivity contribution in [3.05, 3.63) is 36.4 Å². The van der Waals surface area contributed by atoms with Crippen LogP contribution in [0.4, 0.5) is 5.69 Å². The summed E-state index contributed by atoms with van der Waals surface area (Å²) in [7, 11) is 0. The largest absolute Gasteiger partial charge is 0.340 e. The highest BCUT2D eigenvalue weighted by Crippen LogP contribution is 2.30. The number of fused-ring (bicyclic) bond motifs is 1. The fraction of sp³-hybridized carbons (Fsp3) is 0.286. The summed E-state index contributed by atoms with van der Waals surface area (Å²) in [6, 6.07) is 7.89. The summed E-state index contributed by atoms with van der Waals surface area (Å²) in [4.78, 5) is 16.8. The van der Waals surface area contributed by atoms with Crippen LogP contribution in [0.1, 0.15) is 25.3 Å². The summed E-state index contributed by atoms with van der Waals surface area (Å²) in [5, 5.41) is 1.55. The van der Waals surface area contributed by atoms with Gasteiger partial charge in [0.15, 0.2) is 0 Å². The first-order chi connectivity index (χ1) is 8.31. The predicted octanol–water partition coefficient (Wildman–Crippen LogP) is 2.47. The molecule has 0 saturated carbocycles. The molecule has 0 bridgehead atoms. The summed E-state index contributed by atoms with van der Waals surface area (Å²) >= 11 is 0. The Morgan fingerprint density at radius 1 is 1.47 bits per heavy atom. The first-order valence-electron chi connectivity index (χ1n) is 5.62. The Balaban J connectivity index is 1.92. The number of rotatable bonds is 3. The van der Waals surface area contributed by atoms with Crippen molar-refractivity contribution in [2.75, 3.05) is 5.06 Å². The van der Waals surface area contributed by atoms with Crippen LogP contribution in [-0.2, 0) is 16.1 Å². The summed E-state index contributed by atoms with van der Waals surface area (Å²) in [5.74, 6) is 5.35. The SMILES string of the molecule is CC#CCCC(=O)ON1[CH]Cc2ccccc21. The first-order valence-corrected chi connectivity index (χ1v) is 5.62. The normalized spacial score (nSPS) is 12.6. The number of hydrogen-bond donors (Lipinski definition) is 0. The van der Waals surface area contributed by atoms with Crippen LogP contribution in [0.25, 0.3) is 0 Å². The van der Waals surface area contributed by atoms with Gasteiger partial charge in [0, 0.05) is 12.8 Å². The van der Waals surface area contributed by atoms with Crippen LogP contribution in [0.2, 0.25) is 0 Å². The molecule has 0 amide bonds. The molecule has 0 fully saturated rings. The second-order valence-corrected chi connectivity index (χ2v) is 3.73. The summed E-state index contributed by atoms with van der Waals surface area (Å²) < 4.78 is 0. The number of carbonyl (C=O) groups excluding carboxylic acids is 1. The molecule has 0 aliphatic carbocycles. The highest BCUT2D eigenvalue weighted by atomic mass is 16.7. The third-order valence-electron chi connectivity index (χ3n) is 2.54. The molecule has 3 nitrogen and oxygen atoms in total. The number of hydrogen-bond acceptors (Lipinski definition) is 3. The topological polar surface area (TPSA) is 29.5 Å². The van der Waals surface area contributed by atoms with E-state index in [0.717, 1.165) is 12.1 Å². The van der Waals surface area contributed by atoms with Crippen molar-refractivity contribution >= 4 is 11.7 Å². The van der Waals surface area contributed by atoms with Crippen molar-refractivity contribution in [2.45, 2.75) is 26.2 Å². The molecule has 1 aliphatic rings. The highest BCUT2D eigenvalue weighted by Gasteiger charge is 2.22. The maximum Gasteiger partial charge on any atom is 0.333 e. The van der Waals surface area contributed by atoms with E-state index in [4.69, 9.17) is 4.84 Å². The molecule has 0 aromatic heterocycles. The van der Waals surface area contributed by atoms with Crippen LogP contribution in [0.3, 0.4) is 0 Å². The van der Waals surface area contributed by atoms with Crippen LogP contribution in [0.5, 0.6) is 0 Å². The van der Waals surface area contributed by atoms with Gasteiger partial charge < -0.3 is 4.84 Å². The average molecular weight is 228 g/mol. The van der Waals surface area contributed by atoms with E-state index in [1.54, 1.807) is 12.0 Å². The number of hydroxylamine groups is 1. The Kier molecular flexibility index (Phi) is 3.66. The van der Waals surface area contributed by atoms with Crippen LogP contribution in [0.15, 0.2) is 24.3 Å². The molecule has 1 aromatic rings. The van der Waals surface area contributed by atoms with Crippen LogP contribution in [0, 0.1) is 18.4 Å². The minimum absolute atomic E-state index is 0.249. The van der Waals surface area contributed by atoms with Crippen molar-refractivity contribution in [2.24, 2.45) is 0 Å². The molecule has 2 rings (SSSR count). The summed E-state index contributed by atoms with van der Waals surface area (Å²) in [6.45, 7) is 3.63. The average Bonchev–Trinajstić information content (AvgIpc) is 2.73. The standard InChI is InChI=1S/C14H14NO2/c1-2-3-4-9-14(16)17-15-11-10-12-7-5-6-8-13(12)15/h5-8,11H,4,9-10H2,1H3. The van der Waals surface area contributed by atoms with Crippen molar-refractivity contribution in [3.63, 3.8) is 0 Å². The van der Waals surface area contributed by atoms with Crippen molar-refractivity contribution < 1.29 is 9.63 Å². The lowest BCUT2D eigenvalue weighted by Crippen LogP contribution is -2.21. The van der Waals surface area contributed by atoms with E-state index in [1.807, 2.05) is 30.8 Å². The molecule has 1 aliphatic heterocycles. The molecule has 0 spiro atoms. The van der Waals surface area contributed by atoms with Gasteiger partial charge in [-0.1, -0.05) is 18.2 Å². The van der Waals surface area contributed by atoms with Crippen molar-refractivity contribution in [1.82, 2.24) is 0 Å². The molecule has 0 saturated heterocycles. The Hall–Kier alpha value is -1.95. The minimum Gasteiger partial charge on any atom is -0.340 e. The van der Waals surface area contributed by atoms with Gasteiger partial charge in [-0.3, -0.25) is 0 Å². The molecule has 1 radical (unpaired) electrons. The number of carbonyl (C=O) groups is 1. The van der Waals surface area contributed by atoms with Gasteiger partial charge in [-0.2, -0.15) is 0 Å². The molecule has 1 heterocycles. The minimum atomic E-state index is -0.249. The van der Waals surface area contributed by atoms with E-state index in [1.165, 1.54) is 5.56 Å². The zero-order chi connectivity index (χ0) is 12.1. The van der Waals surface area contributed by atoms with Gasteiger partial charge in [-0.15, -0.1) is 11.8 Å². The van der Waals surface area contributed by atoms with Gasteiger partial charge in [0.2, 0.25) is 0 Å². The maximum absolute atomic E-state index is 11.5. The van der Waals surface area contributed by atoms with Gasteiger partial charge in [-0.05, 0) is 18.6 Å². The zero-order valence-corrected chi connectivity index (χ0v) is 9.77. The number of benzene rings is 1. The number of anilines is 1. The monoisotopic (exact) mass is 228 g/mol. The molecule has 0 N–H and O–H groups in total. The third-order valence-corrected chi connectivity index (χ3v) is 2.54. The Labute approximate surface area is 101 Å². The van der Waals surface area contributed by atoms with Crippen molar-refractivity contribution in [1.29, 1.82) is 0 Å². The number of para-hydroxylation sites is 1. The Morgan fingerprint density at radius 3 is 3.12 bits per heavy atom. The molecule has 3 heteroatoms. The molecular formula is C14H14NO2. The van der Waals surface area contributed by atoms with Gasteiger partial charge in [0.25, 0.3) is 0 Å². The molecule has 0 unspecified atom stereocenters. The van der Waals surface area contributed by atoms with Gasteiger partial charge in [0.1, 0.15) is 0 Å². The first kappa shape index (κ1) is 11.5. The van der Waals surface area contributed by atoms with E-state index >= 15 is 0 Å². The van der Waals surface area contributed by atoms with Gasteiger partial charge >= 0.3 is 5.97 Å². The lowest BCUT2D eigenvalue weighted by molar-refractivity contribution is -0.144. The molecule has 1 aromatic carbocycles. The van der Waals surface area contributed by atoms with E-state index < -0.39 is 0 Å². The Bertz CT molecular complexity index is 471. The predicted molar refractivity (Wildman–Crippen MR) is 65.7 cm³/mol. The van der Waals surface area contributed by atoms with Gasteiger partial charge in [-0.25, -0.2) is 9.86 Å². The molecule has 87 valence electrons. The summed E-state index contributed by atoms with van der Waals surface area (Å²) in [6.07, 6.45) is 1.68.